The number of aromatic nitrogens is 2. The number of ether oxygens (including phenoxy) is 3. The average molecular weight is 726 g/mol. The Morgan fingerprint density at radius 3 is 2.30 bits per heavy atom. The standard InChI is InChI=1S/C38H51N5O5S.ClH/c1-22-16-32(49-9)31(36(44)40-22)21-42(8)37(45)29-17-30(26-10-15-33(39-18-26)43-19-23(2)46-24(3)20-43)35-34(25(29)4)47-38(5,48-35)27-11-13-28(14-12-27)41(6)7;/h10,15-18,23-24,27-28H,11-14,19-21H2,1-9H3,(H,40,44);1H/t23-,24+,27?,28?,38?;. The lowest BCUT2D eigenvalue weighted by Gasteiger charge is -2.39. The largest absolute Gasteiger partial charge is 0.448 e. The lowest BCUT2D eigenvalue weighted by Crippen LogP contribution is -2.46. The van der Waals surface area contributed by atoms with Crippen molar-refractivity contribution in [1.82, 2.24) is 19.8 Å². The van der Waals surface area contributed by atoms with E-state index in [9.17, 15) is 9.59 Å². The van der Waals surface area contributed by atoms with Gasteiger partial charge in [0.05, 0.1) is 24.3 Å². The van der Waals surface area contributed by atoms with Gasteiger partial charge in [-0.3, -0.25) is 9.59 Å². The Morgan fingerprint density at radius 2 is 1.70 bits per heavy atom. The molecule has 3 aromatic rings. The number of fused-ring (bicyclic) bond motifs is 1. The first-order valence-electron chi connectivity index (χ1n) is 17.4. The van der Waals surface area contributed by atoms with Crippen LogP contribution in [0.25, 0.3) is 11.1 Å². The number of nitrogens with zero attached hydrogens (tertiary/aromatic N) is 4. The highest BCUT2D eigenvalue weighted by molar-refractivity contribution is 7.98. The average Bonchev–Trinajstić information content (AvgIpc) is 3.44. The topological polar surface area (TPSA) is 100 Å². The number of aromatic amines is 1. The van der Waals surface area contributed by atoms with E-state index < -0.39 is 5.79 Å². The minimum Gasteiger partial charge on any atom is -0.448 e. The normalized spacial score (nSPS) is 24.6. The molecule has 1 N–H and O–H groups in total. The fourth-order valence-corrected chi connectivity index (χ4v) is 8.43. The molecule has 1 aliphatic carbocycles. The predicted octanol–water partition coefficient (Wildman–Crippen LogP) is 6.69. The maximum atomic E-state index is 14.3. The summed E-state index contributed by atoms with van der Waals surface area (Å²) < 4.78 is 19.6. The monoisotopic (exact) mass is 725 g/mol. The molecule has 1 unspecified atom stereocenters. The Bertz CT molecular complexity index is 1750. The number of rotatable bonds is 8. The third kappa shape index (κ3) is 7.52. The molecule has 272 valence electrons. The van der Waals surface area contributed by atoms with Gasteiger partial charge in [-0.2, -0.15) is 0 Å². The summed E-state index contributed by atoms with van der Waals surface area (Å²) in [7, 11) is 6.03. The van der Waals surface area contributed by atoms with Crippen molar-refractivity contribution in [2.75, 3.05) is 45.4 Å². The second-order valence-electron chi connectivity index (χ2n) is 14.5. The minimum atomic E-state index is -0.859. The Kier molecular flexibility index (Phi) is 11.5. The van der Waals surface area contributed by atoms with Gasteiger partial charge in [-0.05, 0) is 98.0 Å². The Hall–Kier alpha value is -3.25. The summed E-state index contributed by atoms with van der Waals surface area (Å²) in [5, 5.41) is 0. The van der Waals surface area contributed by atoms with E-state index in [1.54, 1.807) is 11.9 Å². The van der Waals surface area contributed by atoms with Crippen LogP contribution in [0.3, 0.4) is 0 Å². The molecule has 0 bridgehead atoms. The fraction of sp³-hybridized carbons (Fsp3) is 0.553. The quantitative estimate of drug-likeness (QED) is 0.255. The molecule has 1 amide bonds. The van der Waals surface area contributed by atoms with E-state index in [0.29, 0.717) is 28.7 Å². The number of carbonyl (C=O) groups excluding carboxylic acids is 1. The number of carbonyl (C=O) groups is 1. The van der Waals surface area contributed by atoms with Crippen LogP contribution >= 0.6 is 24.2 Å². The zero-order valence-corrected chi connectivity index (χ0v) is 32.4. The first-order valence-corrected chi connectivity index (χ1v) is 18.6. The lowest BCUT2D eigenvalue weighted by atomic mass is 9.81. The number of thioether (sulfide) groups is 1. The number of morpholine rings is 1. The van der Waals surface area contributed by atoms with Crippen LogP contribution in [0.2, 0.25) is 0 Å². The number of H-pyrrole nitrogens is 1. The molecular weight excluding hydrogens is 674 g/mol. The molecule has 3 aliphatic rings. The van der Waals surface area contributed by atoms with Crippen molar-refractivity contribution in [3.63, 3.8) is 0 Å². The SMILES string of the molecule is CSc1cc(C)[nH]c(=O)c1CN(C)C(=O)c1cc(-c2ccc(N3C[C@@H](C)O[C@@H](C)C3)nc2)c2c(c1C)OC(C)(C1CCC(N(C)C)CC1)O2.Cl. The van der Waals surface area contributed by atoms with Gasteiger partial charge in [-0.25, -0.2) is 4.98 Å². The van der Waals surface area contributed by atoms with E-state index in [-0.39, 0.29) is 48.5 Å². The lowest BCUT2D eigenvalue weighted by molar-refractivity contribution is -0.123. The number of aryl methyl sites for hydroxylation is 1. The van der Waals surface area contributed by atoms with Crippen molar-refractivity contribution < 1.29 is 19.0 Å². The van der Waals surface area contributed by atoms with Crippen LogP contribution in [0.15, 0.2) is 40.2 Å². The second kappa shape index (κ2) is 15.2. The van der Waals surface area contributed by atoms with Gasteiger partial charge in [0.1, 0.15) is 5.82 Å². The number of hydrogen-bond donors (Lipinski definition) is 1. The van der Waals surface area contributed by atoms with E-state index in [0.717, 1.165) is 71.9 Å². The van der Waals surface area contributed by atoms with Crippen LogP contribution in [0.1, 0.15) is 73.6 Å². The van der Waals surface area contributed by atoms with Gasteiger partial charge in [0.25, 0.3) is 17.3 Å². The van der Waals surface area contributed by atoms with Crippen LogP contribution in [0, 0.1) is 19.8 Å². The Morgan fingerprint density at radius 1 is 1.04 bits per heavy atom. The zero-order valence-electron chi connectivity index (χ0n) is 30.8. The van der Waals surface area contributed by atoms with Crippen LogP contribution in [-0.2, 0) is 11.3 Å². The van der Waals surface area contributed by atoms with Crippen molar-refractivity contribution in [3.8, 4) is 22.6 Å². The van der Waals surface area contributed by atoms with E-state index in [1.165, 1.54) is 11.8 Å². The van der Waals surface area contributed by atoms with Crippen LogP contribution in [0.5, 0.6) is 11.5 Å². The number of benzene rings is 1. The number of halogens is 1. The van der Waals surface area contributed by atoms with Gasteiger partial charge < -0.3 is 33.9 Å². The Balaban J connectivity index is 0.00000486. The van der Waals surface area contributed by atoms with E-state index in [1.807, 2.05) is 57.5 Å². The van der Waals surface area contributed by atoms with E-state index in [2.05, 4.69) is 42.7 Å². The summed E-state index contributed by atoms with van der Waals surface area (Å²) in [6.07, 6.45) is 8.19. The molecular formula is C38H52ClN5O5S. The second-order valence-corrected chi connectivity index (χ2v) is 15.3. The molecule has 6 rings (SSSR count). The third-order valence-electron chi connectivity index (χ3n) is 10.5. The summed E-state index contributed by atoms with van der Waals surface area (Å²) in [5.74, 6) is 1.29. The smallest absolute Gasteiger partial charge is 0.254 e. The van der Waals surface area contributed by atoms with Crippen molar-refractivity contribution in [2.24, 2.45) is 5.92 Å². The van der Waals surface area contributed by atoms with Gasteiger partial charge in [0, 0.05) is 78.1 Å². The number of anilines is 1. The molecule has 12 heteroatoms. The molecule has 1 aromatic carbocycles. The number of amides is 1. The third-order valence-corrected chi connectivity index (χ3v) is 11.3. The molecule has 50 heavy (non-hydrogen) atoms. The summed E-state index contributed by atoms with van der Waals surface area (Å²) in [4.78, 5) is 42.1. The van der Waals surface area contributed by atoms with Crippen molar-refractivity contribution in [2.45, 2.75) is 95.8 Å². The maximum Gasteiger partial charge on any atom is 0.254 e. The van der Waals surface area contributed by atoms with E-state index >= 15 is 0 Å². The Labute approximate surface area is 306 Å². The molecule has 4 heterocycles. The van der Waals surface area contributed by atoms with Crippen LogP contribution in [0.4, 0.5) is 5.82 Å². The molecule has 10 nitrogen and oxygen atoms in total. The van der Waals surface area contributed by atoms with E-state index in [4.69, 9.17) is 19.2 Å². The van der Waals surface area contributed by atoms with Crippen molar-refractivity contribution in [3.05, 3.63) is 63.2 Å². The van der Waals surface area contributed by atoms with Crippen molar-refractivity contribution in [1.29, 1.82) is 0 Å². The summed E-state index contributed by atoms with van der Waals surface area (Å²) in [6, 6.07) is 8.50. The predicted molar refractivity (Wildman–Crippen MR) is 202 cm³/mol. The highest BCUT2D eigenvalue weighted by atomic mass is 35.5. The van der Waals surface area contributed by atoms with Gasteiger partial charge in [0.2, 0.25) is 0 Å². The molecule has 2 aliphatic heterocycles. The highest BCUT2D eigenvalue weighted by Crippen LogP contribution is 2.53. The van der Waals surface area contributed by atoms with Gasteiger partial charge in [0.15, 0.2) is 11.5 Å². The maximum absolute atomic E-state index is 14.3. The molecule has 2 aromatic heterocycles. The van der Waals surface area contributed by atoms with Crippen LogP contribution in [-0.4, -0.2) is 90.2 Å². The van der Waals surface area contributed by atoms with Gasteiger partial charge in [-0.15, -0.1) is 24.2 Å². The number of nitrogens with one attached hydrogen (secondary N) is 1. The van der Waals surface area contributed by atoms with Crippen molar-refractivity contribution >= 4 is 35.9 Å². The first kappa shape index (κ1) is 38.0. The number of hydrogen-bond acceptors (Lipinski definition) is 9. The summed E-state index contributed by atoms with van der Waals surface area (Å²) in [6.45, 7) is 11.7. The molecule has 1 saturated carbocycles. The molecule has 1 saturated heterocycles. The van der Waals surface area contributed by atoms with Gasteiger partial charge >= 0.3 is 0 Å². The number of pyridine rings is 2. The summed E-state index contributed by atoms with van der Waals surface area (Å²) in [5.41, 5.74) is 4.03. The summed E-state index contributed by atoms with van der Waals surface area (Å²) >= 11 is 1.50. The molecule has 0 radical (unpaired) electrons. The highest BCUT2D eigenvalue weighted by Gasteiger charge is 2.48. The van der Waals surface area contributed by atoms with Crippen LogP contribution < -0.4 is 19.9 Å². The minimum absolute atomic E-state index is 0. The molecule has 2 fully saturated rings. The molecule has 3 atom stereocenters. The van der Waals surface area contributed by atoms with Gasteiger partial charge in [-0.1, -0.05) is 0 Å². The first-order chi connectivity index (χ1) is 23.3. The molecule has 0 spiro atoms. The fourth-order valence-electron chi connectivity index (χ4n) is 7.73. The zero-order chi connectivity index (χ0) is 35.2.